The number of hydrogen-bond acceptors (Lipinski definition) is 6. The van der Waals surface area contributed by atoms with Crippen LogP contribution in [0.3, 0.4) is 0 Å². The van der Waals surface area contributed by atoms with E-state index in [-0.39, 0.29) is 24.7 Å². The Morgan fingerprint density at radius 1 is 1.09 bits per heavy atom. The molecule has 2 rings (SSSR count). The smallest absolute Gasteiger partial charge is 0.306 e. The van der Waals surface area contributed by atoms with Crippen molar-refractivity contribution in [2.24, 2.45) is 0 Å². The average Bonchev–Trinajstić information content (AvgIpc) is 2.59. The first-order valence-corrected chi connectivity index (χ1v) is 7.01. The van der Waals surface area contributed by atoms with Crippen LogP contribution in [0.25, 0.3) is 0 Å². The summed E-state index contributed by atoms with van der Waals surface area (Å²) in [6.45, 7) is 1.79. The van der Waals surface area contributed by atoms with Gasteiger partial charge in [0.2, 0.25) is 5.91 Å². The Morgan fingerprint density at radius 2 is 1.77 bits per heavy atom. The minimum atomic E-state index is -0.398. The minimum absolute atomic E-state index is 0.0775. The molecule has 2 heterocycles. The zero-order chi connectivity index (χ0) is 15.9. The van der Waals surface area contributed by atoms with E-state index in [1.54, 1.807) is 9.80 Å². The number of carbonyl (C=O) groups excluding carboxylic acids is 3. The van der Waals surface area contributed by atoms with Crippen LogP contribution in [-0.4, -0.2) is 70.8 Å². The number of carbonyl (C=O) groups is 3. The molecule has 8 nitrogen and oxygen atoms in total. The summed E-state index contributed by atoms with van der Waals surface area (Å²) in [5.74, 6) is -0.684. The number of rotatable bonds is 4. The molecule has 1 saturated heterocycles. The topological polar surface area (TPSA) is 92.7 Å². The van der Waals surface area contributed by atoms with Crippen LogP contribution in [0.5, 0.6) is 0 Å². The van der Waals surface area contributed by atoms with Gasteiger partial charge in [0.15, 0.2) is 0 Å². The highest BCUT2D eigenvalue weighted by atomic mass is 16.5. The number of aromatic nitrogens is 2. The highest BCUT2D eigenvalue weighted by Crippen LogP contribution is 2.08. The molecular formula is C14H18N4O4. The number of methoxy groups -OCH3 is 1. The Hall–Kier alpha value is -2.51. The second kappa shape index (κ2) is 7.48. The highest BCUT2D eigenvalue weighted by Gasteiger charge is 2.25. The van der Waals surface area contributed by atoms with E-state index >= 15 is 0 Å². The van der Waals surface area contributed by atoms with E-state index < -0.39 is 5.97 Å². The molecule has 0 atom stereocenters. The Bertz CT molecular complexity index is 541. The molecule has 118 valence electrons. The van der Waals surface area contributed by atoms with Crippen LogP contribution in [0.4, 0.5) is 0 Å². The molecule has 1 aromatic heterocycles. The van der Waals surface area contributed by atoms with Crippen molar-refractivity contribution in [3.05, 3.63) is 24.3 Å². The summed E-state index contributed by atoms with van der Waals surface area (Å²) < 4.78 is 4.51. The Balaban J connectivity index is 1.81. The first-order chi connectivity index (χ1) is 10.6. The first-order valence-electron chi connectivity index (χ1n) is 7.01. The maximum Gasteiger partial charge on any atom is 0.306 e. The lowest BCUT2D eigenvalue weighted by molar-refractivity contribution is -0.143. The summed E-state index contributed by atoms with van der Waals surface area (Å²) in [4.78, 5) is 46.3. The van der Waals surface area contributed by atoms with Crippen LogP contribution in [0.15, 0.2) is 18.6 Å². The second-order valence-corrected chi connectivity index (χ2v) is 4.84. The van der Waals surface area contributed by atoms with Crippen LogP contribution in [0.2, 0.25) is 0 Å². The Labute approximate surface area is 128 Å². The first kappa shape index (κ1) is 15.9. The van der Waals surface area contributed by atoms with Gasteiger partial charge in [-0.15, -0.1) is 0 Å². The summed E-state index contributed by atoms with van der Waals surface area (Å²) in [7, 11) is 1.30. The van der Waals surface area contributed by atoms with Crippen LogP contribution in [0.1, 0.15) is 23.3 Å². The molecule has 0 radical (unpaired) electrons. The molecule has 2 amide bonds. The molecule has 1 aliphatic rings. The lowest BCUT2D eigenvalue weighted by Crippen LogP contribution is -2.50. The third-order valence-corrected chi connectivity index (χ3v) is 3.47. The number of nitrogens with zero attached hydrogens (tertiary/aromatic N) is 4. The van der Waals surface area contributed by atoms with Crippen molar-refractivity contribution in [1.82, 2.24) is 19.8 Å². The van der Waals surface area contributed by atoms with Gasteiger partial charge in [-0.1, -0.05) is 0 Å². The second-order valence-electron chi connectivity index (χ2n) is 4.84. The quantitative estimate of drug-likeness (QED) is 0.710. The van der Waals surface area contributed by atoms with Crippen molar-refractivity contribution < 1.29 is 19.1 Å². The van der Waals surface area contributed by atoms with E-state index in [9.17, 15) is 14.4 Å². The molecule has 0 N–H and O–H groups in total. The Morgan fingerprint density at radius 3 is 2.36 bits per heavy atom. The number of hydrogen-bond donors (Lipinski definition) is 0. The van der Waals surface area contributed by atoms with Gasteiger partial charge < -0.3 is 14.5 Å². The fourth-order valence-corrected chi connectivity index (χ4v) is 2.20. The summed E-state index contributed by atoms with van der Waals surface area (Å²) in [6, 6.07) is 0. The van der Waals surface area contributed by atoms with Crippen LogP contribution >= 0.6 is 0 Å². The molecular weight excluding hydrogens is 288 g/mol. The maximum atomic E-state index is 12.2. The van der Waals surface area contributed by atoms with E-state index in [4.69, 9.17) is 0 Å². The van der Waals surface area contributed by atoms with Gasteiger partial charge in [-0.2, -0.15) is 0 Å². The van der Waals surface area contributed by atoms with Crippen molar-refractivity contribution in [3.63, 3.8) is 0 Å². The maximum absolute atomic E-state index is 12.2. The molecule has 8 heteroatoms. The van der Waals surface area contributed by atoms with Gasteiger partial charge in [-0.25, -0.2) is 4.98 Å². The number of esters is 1. The van der Waals surface area contributed by atoms with Crippen molar-refractivity contribution in [2.45, 2.75) is 12.8 Å². The summed E-state index contributed by atoms with van der Waals surface area (Å²) in [5.41, 5.74) is 0.299. The van der Waals surface area contributed by atoms with Gasteiger partial charge in [0.1, 0.15) is 5.69 Å². The highest BCUT2D eigenvalue weighted by molar-refractivity contribution is 5.92. The summed E-state index contributed by atoms with van der Waals surface area (Å²) >= 11 is 0. The lowest BCUT2D eigenvalue weighted by Gasteiger charge is -2.34. The molecule has 0 unspecified atom stereocenters. The van der Waals surface area contributed by atoms with E-state index in [2.05, 4.69) is 14.7 Å². The van der Waals surface area contributed by atoms with Gasteiger partial charge in [-0.05, 0) is 0 Å². The van der Waals surface area contributed by atoms with E-state index in [1.807, 2.05) is 0 Å². The normalized spacial score (nSPS) is 14.6. The molecule has 1 aromatic rings. The zero-order valence-corrected chi connectivity index (χ0v) is 12.4. The van der Waals surface area contributed by atoms with E-state index in [1.165, 1.54) is 25.7 Å². The van der Waals surface area contributed by atoms with Crippen LogP contribution < -0.4 is 0 Å². The molecule has 0 spiro atoms. The molecule has 1 fully saturated rings. The standard InChI is InChI=1S/C14H18N4O4/c1-22-13(20)3-2-12(19)17-6-8-18(9-7-17)14(21)11-10-15-4-5-16-11/h4-5,10H,2-3,6-9H2,1H3. The fraction of sp³-hybridized carbons (Fsp3) is 0.500. The average molecular weight is 306 g/mol. The summed E-state index contributed by atoms with van der Waals surface area (Å²) in [6.07, 6.45) is 4.61. The van der Waals surface area contributed by atoms with E-state index in [0.29, 0.717) is 31.9 Å². The predicted octanol–water partition coefficient (Wildman–Crippen LogP) is -0.286. The minimum Gasteiger partial charge on any atom is -0.469 e. The fourth-order valence-electron chi connectivity index (χ4n) is 2.20. The number of amides is 2. The van der Waals surface area contributed by atoms with E-state index in [0.717, 1.165) is 0 Å². The third kappa shape index (κ3) is 4.00. The van der Waals surface area contributed by atoms with Crippen molar-refractivity contribution in [2.75, 3.05) is 33.3 Å². The SMILES string of the molecule is COC(=O)CCC(=O)N1CCN(C(=O)c2cnccn2)CC1. The van der Waals surface area contributed by atoms with Crippen molar-refractivity contribution in [1.29, 1.82) is 0 Å². The lowest BCUT2D eigenvalue weighted by atomic mass is 10.2. The van der Waals surface area contributed by atoms with Crippen LogP contribution in [0, 0.1) is 0 Å². The number of ether oxygens (including phenoxy) is 1. The molecule has 0 aromatic carbocycles. The summed E-state index contributed by atoms with van der Waals surface area (Å²) in [5, 5.41) is 0. The van der Waals surface area contributed by atoms with Gasteiger partial charge in [0, 0.05) is 45.0 Å². The van der Waals surface area contributed by atoms with Gasteiger partial charge in [-0.3, -0.25) is 19.4 Å². The molecule has 0 aliphatic carbocycles. The Kier molecular flexibility index (Phi) is 5.40. The predicted molar refractivity (Wildman–Crippen MR) is 75.8 cm³/mol. The molecule has 22 heavy (non-hydrogen) atoms. The molecule has 0 bridgehead atoms. The van der Waals surface area contributed by atoms with Gasteiger partial charge >= 0.3 is 5.97 Å². The van der Waals surface area contributed by atoms with Gasteiger partial charge in [0.05, 0.1) is 19.7 Å². The monoisotopic (exact) mass is 306 g/mol. The van der Waals surface area contributed by atoms with Crippen molar-refractivity contribution >= 4 is 17.8 Å². The van der Waals surface area contributed by atoms with Crippen LogP contribution in [-0.2, 0) is 14.3 Å². The zero-order valence-electron chi connectivity index (χ0n) is 12.4. The van der Waals surface area contributed by atoms with Gasteiger partial charge in [0.25, 0.3) is 5.91 Å². The third-order valence-electron chi connectivity index (χ3n) is 3.47. The molecule has 1 aliphatic heterocycles. The van der Waals surface area contributed by atoms with Crippen molar-refractivity contribution in [3.8, 4) is 0 Å². The molecule has 0 saturated carbocycles. The number of piperazine rings is 1. The largest absolute Gasteiger partial charge is 0.469 e.